The fourth-order valence-electron chi connectivity index (χ4n) is 4.74. The number of unbranched alkanes of at least 4 members (excludes halogenated alkanes) is 6. The van der Waals surface area contributed by atoms with E-state index < -0.39 is 0 Å². The summed E-state index contributed by atoms with van der Waals surface area (Å²) in [5.41, 5.74) is 8.94. The van der Waals surface area contributed by atoms with Gasteiger partial charge in [-0.2, -0.15) is 10.5 Å². The third-order valence-electron chi connectivity index (χ3n) is 7.03. The van der Waals surface area contributed by atoms with E-state index >= 15 is 0 Å². The minimum Gasteiger partial charge on any atom is -0.192 e. The molecule has 0 spiro atoms. The van der Waals surface area contributed by atoms with Gasteiger partial charge >= 0.3 is 0 Å². The predicted octanol–water partition coefficient (Wildman–Crippen LogP) is 9.28. The number of nitrogens with zero attached hydrogens (tertiary/aromatic N) is 2. The van der Waals surface area contributed by atoms with Gasteiger partial charge in [0.2, 0.25) is 0 Å². The Kier molecular flexibility index (Phi) is 9.69. The molecule has 4 aromatic rings. The molecule has 4 aromatic carbocycles. The van der Waals surface area contributed by atoms with Crippen LogP contribution in [-0.4, -0.2) is 0 Å². The lowest BCUT2D eigenvalue weighted by atomic mass is 9.99. The number of rotatable bonds is 12. The molecule has 2 nitrogen and oxygen atoms in total. The zero-order valence-electron chi connectivity index (χ0n) is 21.5. The quantitative estimate of drug-likeness (QED) is 0.189. The molecule has 0 aromatic heterocycles. The maximum Gasteiger partial charge on any atom is 0.0991 e. The van der Waals surface area contributed by atoms with E-state index in [4.69, 9.17) is 10.5 Å². The lowest BCUT2D eigenvalue weighted by Gasteiger charge is -2.06. The molecule has 0 saturated heterocycles. The lowest BCUT2D eigenvalue weighted by molar-refractivity contribution is 0.579. The maximum absolute atomic E-state index is 8.95. The second-order valence-corrected chi connectivity index (χ2v) is 9.75. The first-order chi connectivity index (χ1) is 18.2. The van der Waals surface area contributed by atoms with Crippen LogP contribution in [0.1, 0.15) is 67.2 Å². The Morgan fingerprint density at radius 2 is 0.622 bits per heavy atom. The summed E-state index contributed by atoms with van der Waals surface area (Å²) in [4.78, 5) is 0. The molecule has 0 amide bonds. The third-order valence-corrected chi connectivity index (χ3v) is 7.03. The van der Waals surface area contributed by atoms with E-state index in [1.807, 2.05) is 48.5 Å². The number of hydrogen-bond donors (Lipinski definition) is 0. The fourth-order valence-corrected chi connectivity index (χ4v) is 4.74. The molecule has 0 aliphatic heterocycles. The molecule has 0 N–H and O–H groups in total. The van der Waals surface area contributed by atoms with Gasteiger partial charge in [-0.25, -0.2) is 0 Å². The van der Waals surface area contributed by atoms with Gasteiger partial charge in [-0.15, -0.1) is 0 Å². The molecular weight excluding hydrogens is 448 g/mol. The maximum atomic E-state index is 8.95. The highest BCUT2D eigenvalue weighted by atomic mass is 14.2. The average Bonchev–Trinajstić information content (AvgIpc) is 2.97. The van der Waals surface area contributed by atoms with Crippen LogP contribution in [-0.2, 0) is 12.8 Å². The summed E-state index contributed by atoms with van der Waals surface area (Å²) < 4.78 is 0. The van der Waals surface area contributed by atoms with E-state index in [9.17, 15) is 0 Å². The Labute approximate surface area is 221 Å². The smallest absolute Gasteiger partial charge is 0.0991 e. The van der Waals surface area contributed by atoms with Crippen molar-refractivity contribution < 1.29 is 0 Å². The van der Waals surface area contributed by atoms with Gasteiger partial charge in [0.25, 0.3) is 0 Å². The Balaban J connectivity index is 1.06. The molecule has 0 unspecified atom stereocenters. The number of hydrogen-bond acceptors (Lipinski definition) is 2. The van der Waals surface area contributed by atoms with Crippen molar-refractivity contribution in [3.05, 3.63) is 119 Å². The molecule has 0 saturated carbocycles. The van der Waals surface area contributed by atoms with Gasteiger partial charge in [-0.05, 0) is 83.3 Å². The lowest BCUT2D eigenvalue weighted by Crippen LogP contribution is -1.89. The highest BCUT2D eigenvalue weighted by Gasteiger charge is 2.01. The van der Waals surface area contributed by atoms with Crippen LogP contribution in [0.4, 0.5) is 0 Å². The van der Waals surface area contributed by atoms with Crippen LogP contribution in [0, 0.1) is 22.7 Å². The summed E-state index contributed by atoms with van der Waals surface area (Å²) in [5, 5.41) is 17.9. The molecule has 0 bridgehead atoms. The average molecular weight is 483 g/mol. The normalized spacial score (nSPS) is 10.5. The van der Waals surface area contributed by atoms with Gasteiger partial charge < -0.3 is 0 Å². The van der Waals surface area contributed by atoms with Crippen molar-refractivity contribution in [1.29, 1.82) is 10.5 Å². The van der Waals surface area contributed by atoms with Gasteiger partial charge in [0.1, 0.15) is 0 Å². The van der Waals surface area contributed by atoms with E-state index in [1.54, 1.807) is 0 Å². The van der Waals surface area contributed by atoms with Gasteiger partial charge in [-0.3, -0.25) is 0 Å². The van der Waals surface area contributed by atoms with E-state index in [0.29, 0.717) is 11.1 Å². The SMILES string of the molecule is N#Cc1ccc(-c2ccc(CCCCCCCCCc3ccc(-c4ccc(C#N)cc4)cc3)cc2)cc1. The summed E-state index contributed by atoms with van der Waals surface area (Å²) in [6.07, 6.45) is 11.4. The summed E-state index contributed by atoms with van der Waals surface area (Å²) in [6.45, 7) is 0. The zero-order chi connectivity index (χ0) is 25.7. The topological polar surface area (TPSA) is 47.6 Å². The molecule has 184 valence electrons. The summed E-state index contributed by atoms with van der Waals surface area (Å²) in [6, 6.07) is 37.6. The van der Waals surface area contributed by atoms with Gasteiger partial charge in [0.05, 0.1) is 23.3 Å². The third kappa shape index (κ3) is 7.93. The minimum atomic E-state index is 0.701. The van der Waals surface area contributed by atoms with E-state index in [1.165, 1.54) is 67.2 Å². The van der Waals surface area contributed by atoms with Crippen molar-refractivity contribution in [3.63, 3.8) is 0 Å². The van der Waals surface area contributed by atoms with Crippen LogP contribution in [0.25, 0.3) is 22.3 Å². The molecular formula is C35H34N2. The van der Waals surface area contributed by atoms with Crippen molar-refractivity contribution in [2.75, 3.05) is 0 Å². The Hall–Kier alpha value is -4.14. The predicted molar refractivity (Wildman–Crippen MR) is 153 cm³/mol. The Morgan fingerprint density at radius 3 is 0.919 bits per heavy atom. The Morgan fingerprint density at radius 1 is 0.351 bits per heavy atom. The molecule has 0 fully saturated rings. The van der Waals surface area contributed by atoms with Crippen LogP contribution >= 0.6 is 0 Å². The summed E-state index contributed by atoms with van der Waals surface area (Å²) in [7, 11) is 0. The molecule has 0 aliphatic carbocycles. The highest BCUT2D eigenvalue weighted by molar-refractivity contribution is 5.65. The van der Waals surface area contributed by atoms with Crippen LogP contribution in [0.15, 0.2) is 97.1 Å². The first kappa shape index (κ1) is 25.9. The van der Waals surface area contributed by atoms with Gasteiger partial charge in [0, 0.05) is 0 Å². The number of benzene rings is 4. The van der Waals surface area contributed by atoms with Crippen molar-refractivity contribution in [2.45, 2.75) is 57.8 Å². The minimum absolute atomic E-state index is 0.701. The standard InChI is InChI=1S/C35H34N2/c36-26-30-14-22-34(23-15-30)32-18-10-28(11-19-32)8-6-4-2-1-3-5-7-9-29-12-20-33(21-13-29)35-24-16-31(27-37)17-25-35/h10-25H,1-9H2. The number of nitriles is 2. The second kappa shape index (κ2) is 13.8. The van der Waals surface area contributed by atoms with Crippen molar-refractivity contribution in [3.8, 4) is 34.4 Å². The Bertz CT molecular complexity index is 1210. The molecule has 0 atom stereocenters. The number of aryl methyl sites for hydroxylation is 2. The van der Waals surface area contributed by atoms with Crippen molar-refractivity contribution >= 4 is 0 Å². The second-order valence-electron chi connectivity index (χ2n) is 9.75. The first-order valence-corrected chi connectivity index (χ1v) is 13.4. The van der Waals surface area contributed by atoms with E-state index in [2.05, 4.69) is 60.7 Å². The summed E-state index contributed by atoms with van der Waals surface area (Å²) in [5.74, 6) is 0. The first-order valence-electron chi connectivity index (χ1n) is 13.4. The largest absolute Gasteiger partial charge is 0.192 e. The van der Waals surface area contributed by atoms with Crippen LogP contribution in [0.2, 0.25) is 0 Å². The van der Waals surface area contributed by atoms with E-state index in [-0.39, 0.29) is 0 Å². The van der Waals surface area contributed by atoms with E-state index in [0.717, 1.165) is 24.0 Å². The molecule has 4 rings (SSSR count). The molecule has 0 heterocycles. The van der Waals surface area contributed by atoms with Crippen LogP contribution < -0.4 is 0 Å². The van der Waals surface area contributed by atoms with Crippen LogP contribution in [0.3, 0.4) is 0 Å². The zero-order valence-corrected chi connectivity index (χ0v) is 21.5. The fraction of sp³-hybridized carbons (Fsp3) is 0.257. The highest BCUT2D eigenvalue weighted by Crippen LogP contribution is 2.22. The van der Waals surface area contributed by atoms with Crippen LogP contribution in [0.5, 0.6) is 0 Å². The molecule has 0 aliphatic rings. The molecule has 0 radical (unpaired) electrons. The summed E-state index contributed by atoms with van der Waals surface area (Å²) >= 11 is 0. The monoisotopic (exact) mass is 482 g/mol. The molecule has 2 heteroatoms. The van der Waals surface area contributed by atoms with Crippen molar-refractivity contribution in [2.24, 2.45) is 0 Å². The van der Waals surface area contributed by atoms with Crippen molar-refractivity contribution in [1.82, 2.24) is 0 Å². The molecule has 37 heavy (non-hydrogen) atoms. The van der Waals surface area contributed by atoms with Gasteiger partial charge in [0.15, 0.2) is 0 Å². The van der Waals surface area contributed by atoms with Gasteiger partial charge in [-0.1, -0.05) is 105 Å².